The maximum absolute atomic E-state index is 6.14. The van der Waals surface area contributed by atoms with Crippen molar-refractivity contribution >= 4 is 5.95 Å². The van der Waals surface area contributed by atoms with Gasteiger partial charge in [-0.3, -0.25) is 4.90 Å². The van der Waals surface area contributed by atoms with E-state index >= 15 is 0 Å². The highest BCUT2D eigenvalue weighted by Gasteiger charge is 2.52. The molecule has 1 atom stereocenters. The maximum atomic E-state index is 6.14. The fourth-order valence-electron chi connectivity index (χ4n) is 3.93. The lowest BCUT2D eigenvalue weighted by Crippen LogP contribution is -2.64. The van der Waals surface area contributed by atoms with Crippen molar-refractivity contribution in [3.63, 3.8) is 0 Å². The molecule has 1 spiro atoms. The van der Waals surface area contributed by atoms with Crippen LogP contribution in [0.1, 0.15) is 29.9 Å². The fraction of sp³-hybridized carbons (Fsp3) is 0.611. The first-order valence-corrected chi connectivity index (χ1v) is 8.94. The first-order valence-electron chi connectivity index (χ1n) is 8.94. The van der Waals surface area contributed by atoms with Gasteiger partial charge in [0.1, 0.15) is 5.76 Å². The Morgan fingerprint density at radius 3 is 2.80 bits per heavy atom. The van der Waals surface area contributed by atoms with Crippen LogP contribution < -0.4 is 5.32 Å². The summed E-state index contributed by atoms with van der Waals surface area (Å²) in [6.07, 6.45) is 5.89. The number of ether oxygens (including phenoxy) is 1. The molecule has 0 aromatic carbocycles. The number of rotatable bonds is 6. The van der Waals surface area contributed by atoms with Crippen LogP contribution in [0.5, 0.6) is 0 Å². The lowest BCUT2D eigenvalue weighted by Gasteiger charge is -2.50. The van der Waals surface area contributed by atoms with Crippen LogP contribution in [-0.4, -0.2) is 51.9 Å². The van der Waals surface area contributed by atoms with E-state index in [1.54, 1.807) is 0 Å². The molecule has 25 heavy (non-hydrogen) atoms. The van der Waals surface area contributed by atoms with Crippen LogP contribution in [0.4, 0.5) is 5.95 Å². The van der Waals surface area contributed by atoms with Crippen LogP contribution in [-0.2, 0) is 11.3 Å². The highest BCUT2D eigenvalue weighted by Crippen LogP contribution is 2.42. The van der Waals surface area contributed by atoms with Gasteiger partial charge in [0.15, 0.2) is 0 Å². The van der Waals surface area contributed by atoms with Crippen molar-refractivity contribution in [2.45, 2.75) is 38.8 Å². The van der Waals surface area contributed by atoms with E-state index in [0.717, 1.165) is 62.6 Å². The summed E-state index contributed by atoms with van der Waals surface area (Å²) in [4.78, 5) is 11.0. The topological polar surface area (TPSA) is 76.3 Å². The predicted octanol–water partition coefficient (Wildman–Crippen LogP) is 2.17. The highest BCUT2D eigenvalue weighted by molar-refractivity contribution is 5.24. The third-order valence-electron chi connectivity index (χ3n) is 5.20. The Kier molecular flexibility index (Phi) is 4.43. The first kappa shape index (κ1) is 16.5. The van der Waals surface area contributed by atoms with E-state index in [1.165, 1.54) is 0 Å². The lowest BCUT2D eigenvalue weighted by molar-refractivity contribution is -0.136. The number of aryl methyl sites for hydroxylation is 2. The second-order valence-electron chi connectivity index (χ2n) is 7.27. The smallest absolute Gasteiger partial charge is 0.222 e. The zero-order valence-corrected chi connectivity index (χ0v) is 14.9. The maximum Gasteiger partial charge on any atom is 0.222 e. The molecule has 2 aliphatic rings. The summed E-state index contributed by atoms with van der Waals surface area (Å²) in [5.74, 6) is 2.15. The molecule has 0 saturated carbocycles. The van der Waals surface area contributed by atoms with Gasteiger partial charge in [0.2, 0.25) is 5.95 Å². The van der Waals surface area contributed by atoms with Gasteiger partial charge in [-0.1, -0.05) is 5.16 Å². The van der Waals surface area contributed by atoms with Crippen LogP contribution in [0, 0.1) is 19.8 Å². The number of likely N-dealkylation sites (tertiary alicyclic amines) is 1. The number of hydrogen-bond acceptors (Lipinski definition) is 7. The molecule has 134 valence electrons. The van der Waals surface area contributed by atoms with E-state index in [9.17, 15) is 0 Å². The van der Waals surface area contributed by atoms with Gasteiger partial charge < -0.3 is 14.6 Å². The first-order chi connectivity index (χ1) is 12.1. The number of nitrogens with one attached hydrogen (secondary N) is 1. The van der Waals surface area contributed by atoms with Crippen LogP contribution in [0.3, 0.4) is 0 Å². The van der Waals surface area contributed by atoms with Gasteiger partial charge in [-0.15, -0.1) is 0 Å². The molecule has 2 aromatic rings. The SMILES string of the molecule is Cc1cnc(NCC[C@@H]2CCOC23CN(Cc2cc(C)on2)C3)nc1. The Morgan fingerprint density at radius 2 is 2.08 bits per heavy atom. The van der Waals surface area contributed by atoms with Gasteiger partial charge >= 0.3 is 0 Å². The number of aromatic nitrogens is 3. The molecule has 0 aliphatic carbocycles. The zero-order chi connectivity index (χ0) is 17.3. The van der Waals surface area contributed by atoms with E-state index < -0.39 is 0 Å². The fourth-order valence-corrected chi connectivity index (χ4v) is 3.93. The van der Waals surface area contributed by atoms with Gasteiger partial charge in [0.05, 0.1) is 11.3 Å². The van der Waals surface area contributed by atoms with Gasteiger partial charge in [0, 0.05) is 51.2 Å². The largest absolute Gasteiger partial charge is 0.372 e. The molecule has 0 unspecified atom stereocenters. The van der Waals surface area contributed by atoms with Crippen LogP contribution in [0.25, 0.3) is 0 Å². The summed E-state index contributed by atoms with van der Waals surface area (Å²) in [6, 6.07) is 2.00. The van der Waals surface area contributed by atoms with Gasteiger partial charge in [-0.05, 0) is 38.2 Å². The van der Waals surface area contributed by atoms with Gasteiger partial charge in [-0.25, -0.2) is 9.97 Å². The van der Waals surface area contributed by atoms with E-state index in [-0.39, 0.29) is 5.60 Å². The molecule has 2 saturated heterocycles. The van der Waals surface area contributed by atoms with Crippen LogP contribution >= 0.6 is 0 Å². The summed E-state index contributed by atoms with van der Waals surface area (Å²) in [6.45, 7) is 8.45. The number of hydrogen-bond donors (Lipinski definition) is 1. The van der Waals surface area contributed by atoms with Crippen molar-refractivity contribution in [3.05, 3.63) is 35.5 Å². The molecular weight excluding hydrogens is 318 g/mol. The third kappa shape index (κ3) is 3.52. The van der Waals surface area contributed by atoms with E-state index in [0.29, 0.717) is 11.9 Å². The molecule has 0 radical (unpaired) electrons. The molecule has 0 bridgehead atoms. The molecule has 2 aromatic heterocycles. The van der Waals surface area contributed by atoms with E-state index in [2.05, 4.69) is 25.3 Å². The van der Waals surface area contributed by atoms with Gasteiger partial charge in [-0.2, -0.15) is 0 Å². The van der Waals surface area contributed by atoms with Crippen molar-refractivity contribution in [1.29, 1.82) is 0 Å². The normalized spacial score (nSPS) is 22.2. The average Bonchev–Trinajstić information content (AvgIpc) is 3.16. The van der Waals surface area contributed by atoms with Crippen molar-refractivity contribution < 1.29 is 9.26 Å². The minimum atomic E-state index is 0.0224. The predicted molar refractivity (Wildman–Crippen MR) is 93.2 cm³/mol. The van der Waals surface area contributed by atoms with Crippen molar-refractivity contribution in [1.82, 2.24) is 20.0 Å². The molecule has 0 amide bonds. The summed E-state index contributed by atoms with van der Waals surface area (Å²) in [5.41, 5.74) is 2.10. The van der Waals surface area contributed by atoms with Gasteiger partial charge in [0.25, 0.3) is 0 Å². The molecule has 2 aliphatic heterocycles. The second-order valence-corrected chi connectivity index (χ2v) is 7.27. The average molecular weight is 343 g/mol. The second kappa shape index (κ2) is 6.72. The van der Waals surface area contributed by atoms with E-state index in [4.69, 9.17) is 9.26 Å². The molecule has 7 nitrogen and oxygen atoms in total. The molecule has 7 heteroatoms. The van der Waals surface area contributed by atoms with Crippen LogP contribution in [0.15, 0.2) is 23.0 Å². The molecule has 2 fully saturated rings. The highest BCUT2D eigenvalue weighted by atomic mass is 16.5. The van der Waals surface area contributed by atoms with E-state index in [1.807, 2.05) is 32.3 Å². The number of anilines is 1. The summed E-state index contributed by atoms with van der Waals surface area (Å²) in [7, 11) is 0. The lowest BCUT2D eigenvalue weighted by atomic mass is 9.79. The summed E-state index contributed by atoms with van der Waals surface area (Å²) >= 11 is 0. The Morgan fingerprint density at radius 1 is 1.28 bits per heavy atom. The quantitative estimate of drug-likeness (QED) is 0.861. The molecule has 1 N–H and O–H groups in total. The standard InChI is InChI=1S/C18H25N5O2/c1-13-8-20-17(21-9-13)19-5-3-15-4-6-24-18(15)11-23(12-18)10-16-7-14(2)25-22-16/h7-9,15H,3-6,10-12H2,1-2H3,(H,19,20,21)/t15-/m1/s1. The monoisotopic (exact) mass is 343 g/mol. The summed E-state index contributed by atoms with van der Waals surface area (Å²) in [5, 5.41) is 7.40. The minimum absolute atomic E-state index is 0.0224. The van der Waals surface area contributed by atoms with Crippen molar-refractivity contribution in [3.8, 4) is 0 Å². The Bertz CT molecular complexity index is 709. The summed E-state index contributed by atoms with van der Waals surface area (Å²) < 4.78 is 11.3. The van der Waals surface area contributed by atoms with Crippen molar-refractivity contribution in [2.24, 2.45) is 5.92 Å². The molecule has 4 rings (SSSR count). The molecule has 4 heterocycles. The number of nitrogens with zero attached hydrogens (tertiary/aromatic N) is 4. The van der Waals surface area contributed by atoms with Crippen molar-refractivity contribution in [2.75, 3.05) is 31.6 Å². The Hall–Kier alpha value is -1.99. The Labute approximate surface area is 147 Å². The molecular formula is C18H25N5O2. The zero-order valence-electron chi connectivity index (χ0n) is 14.9. The Balaban J connectivity index is 1.26. The van der Waals surface area contributed by atoms with Crippen LogP contribution in [0.2, 0.25) is 0 Å². The third-order valence-corrected chi connectivity index (χ3v) is 5.20. The minimum Gasteiger partial charge on any atom is -0.372 e.